The van der Waals surface area contributed by atoms with E-state index in [-0.39, 0.29) is 0 Å². The molecule has 2 aliphatic rings. The van der Waals surface area contributed by atoms with Gasteiger partial charge in [-0.15, -0.1) is 0 Å². The number of nitrogens with two attached hydrogens (primary N) is 1. The Morgan fingerprint density at radius 1 is 1.20 bits per heavy atom. The van der Waals surface area contributed by atoms with Crippen molar-refractivity contribution in [2.45, 2.75) is 70.8 Å². The molecule has 0 amide bonds. The monoisotopic (exact) mass is 209 g/mol. The van der Waals surface area contributed by atoms with Gasteiger partial charge in [0.15, 0.2) is 0 Å². The maximum absolute atomic E-state index is 6.23. The highest BCUT2D eigenvalue weighted by atomic mass is 14.6. The summed E-state index contributed by atoms with van der Waals surface area (Å²) >= 11 is 0. The smallest absolute Gasteiger partial charge is 0.00415 e. The van der Waals surface area contributed by atoms with Crippen molar-refractivity contribution in [2.24, 2.45) is 23.5 Å². The molecule has 0 aromatic heterocycles. The van der Waals surface area contributed by atoms with Gasteiger partial charge in [-0.3, -0.25) is 0 Å². The average molecular weight is 209 g/mol. The van der Waals surface area contributed by atoms with Crippen LogP contribution in [-0.2, 0) is 0 Å². The second-order valence-corrected chi connectivity index (χ2v) is 5.93. The molecular formula is C14H27N. The van der Waals surface area contributed by atoms with Crippen LogP contribution in [0.1, 0.15) is 64.7 Å². The molecule has 2 aliphatic carbocycles. The van der Waals surface area contributed by atoms with Gasteiger partial charge in [-0.2, -0.15) is 0 Å². The molecule has 0 radical (unpaired) electrons. The Bertz CT molecular complexity index is 190. The van der Waals surface area contributed by atoms with Crippen molar-refractivity contribution in [3.05, 3.63) is 0 Å². The summed E-state index contributed by atoms with van der Waals surface area (Å²) in [6.07, 6.45) is 12.7. The molecule has 4 atom stereocenters. The van der Waals surface area contributed by atoms with Crippen LogP contribution in [0.5, 0.6) is 0 Å². The summed E-state index contributed by atoms with van der Waals surface area (Å²) in [4.78, 5) is 0. The molecule has 0 aromatic rings. The molecule has 0 saturated heterocycles. The van der Waals surface area contributed by atoms with Crippen LogP contribution in [0.3, 0.4) is 0 Å². The van der Waals surface area contributed by atoms with Gasteiger partial charge in [0, 0.05) is 6.04 Å². The molecule has 1 heteroatoms. The third-order valence-corrected chi connectivity index (χ3v) is 4.67. The van der Waals surface area contributed by atoms with E-state index in [1.54, 1.807) is 0 Å². The zero-order valence-corrected chi connectivity index (χ0v) is 10.3. The van der Waals surface area contributed by atoms with Gasteiger partial charge in [0.1, 0.15) is 0 Å². The lowest BCUT2D eigenvalue weighted by Crippen LogP contribution is -2.26. The van der Waals surface area contributed by atoms with Crippen molar-refractivity contribution in [1.29, 1.82) is 0 Å². The fraction of sp³-hybridized carbons (Fsp3) is 1.00. The molecule has 2 bridgehead atoms. The van der Waals surface area contributed by atoms with E-state index >= 15 is 0 Å². The molecule has 4 unspecified atom stereocenters. The Balaban J connectivity index is 1.64. The molecule has 15 heavy (non-hydrogen) atoms. The normalized spacial score (nSPS) is 36.0. The summed E-state index contributed by atoms with van der Waals surface area (Å²) in [7, 11) is 0. The van der Waals surface area contributed by atoms with Gasteiger partial charge >= 0.3 is 0 Å². The van der Waals surface area contributed by atoms with E-state index in [0.717, 1.165) is 17.8 Å². The Kier molecular flexibility index (Phi) is 4.07. The van der Waals surface area contributed by atoms with Gasteiger partial charge in [0.25, 0.3) is 0 Å². The maximum Gasteiger partial charge on any atom is 0.00415 e. The first kappa shape index (κ1) is 11.4. The van der Waals surface area contributed by atoms with Crippen molar-refractivity contribution < 1.29 is 0 Å². The van der Waals surface area contributed by atoms with Crippen LogP contribution >= 0.6 is 0 Å². The van der Waals surface area contributed by atoms with E-state index in [1.807, 2.05) is 0 Å². The standard InChI is InChI=1S/C14H27N/c1-2-3-4-5-14(15)10-13-9-11-6-7-12(13)8-11/h11-14H,2-10,15H2,1H3. The van der Waals surface area contributed by atoms with Crippen LogP contribution in [0.4, 0.5) is 0 Å². The number of fused-ring (bicyclic) bond motifs is 2. The van der Waals surface area contributed by atoms with E-state index < -0.39 is 0 Å². The summed E-state index contributed by atoms with van der Waals surface area (Å²) in [6.45, 7) is 2.27. The first-order valence-electron chi connectivity index (χ1n) is 7.05. The lowest BCUT2D eigenvalue weighted by atomic mass is 9.83. The lowest BCUT2D eigenvalue weighted by molar-refractivity contribution is 0.288. The zero-order chi connectivity index (χ0) is 10.7. The first-order chi connectivity index (χ1) is 7.29. The molecule has 2 N–H and O–H groups in total. The number of hydrogen-bond donors (Lipinski definition) is 1. The minimum Gasteiger partial charge on any atom is -0.328 e. The third-order valence-electron chi connectivity index (χ3n) is 4.67. The highest BCUT2D eigenvalue weighted by Crippen LogP contribution is 2.49. The highest BCUT2D eigenvalue weighted by molar-refractivity contribution is 4.91. The lowest BCUT2D eigenvalue weighted by Gasteiger charge is -2.24. The van der Waals surface area contributed by atoms with Crippen molar-refractivity contribution in [3.63, 3.8) is 0 Å². The highest BCUT2D eigenvalue weighted by Gasteiger charge is 2.39. The van der Waals surface area contributed by atoms with E-state index in [9.17, 15) is 0 Å². The fourth-order valence-corrected chi connectivity index (χ4v) is 3.83. The minimum atomic E-state index is 0.501. The number of hydrogen-bond acceptors (Lipinski definition) is 1. The Hall–Kier alpha value is -0.0400. The quantitative estimate of drug-likeness (QED) is 0.663. The molecule has 0 heterocycles. The van der Waals surface area contributed by atoms with E-state index in [4.69, 9.17) is 5.73 Å². The summed E-state index contributed by atoms with van der Waals surface area (Å²) in [5, 5.41) is 0. The Morgan fingerprint density at radius 3 is 2.67 bits per heavy atom. The third kappa shape index (κ3) is 2.96. The predicted molar refractivity (Wildman–Crippen MR) is 65.7 cm³/mol. The van der Waals surface area contributed by atoms with Crippen LogP contribution < -0.4 is 5.73 Å². The summed E-state index contributed by atoms with van der Waals surface area (Å²) < 4.78 is 0. The fourth-order valence-electron chi connectivity index (χ4n) is 3.83. The largest absolute Gasteiger partial charge is 0.328 e. The molecule has 2 fully saturated rings. The van der Waals surface area contributed by atoms with Gasteiger partial charge in [0.2, 0.25) is 0 Å². The van der Waals surface area contributed by atoms with Crippen LogP contribution in [0.15, 0.2) is 0 Å². The van der Waals surface area contributed by atoms with Gasteiger partial charge in [-0.1, -0.05) is 32.6 Å². The molecule has 1 nitrogen and oxygen atoms in total. The summed E-state index contributed by atoms with van der Waals surface area (Å²) in [6, 6.07) is 0.501. The molecule has 0 aliphatic heterocycles. The molecule has 88 valence electrons. The summed E-state index contributed by atoms with van der Waals surface area (Å²) in [5.74, 6) is 3.15. The van der Waals surface area contributed by atoms with Crippen molar-refractivity contribution >= 4 is 0 Å². The zero-order valence-electron chi connectivity index (χ0n) is 10.3. The van der Waals surface area contributed by atoms with Crippen LogP contribution in [0.2, 0.25) is 0 Å². The van der Waals surface area contributed by atoms with E-state index in [2.05, 4.69) is 6.92 Å². The molecule has 0 aromatic carbocycles. The second kappa shape index (κ2) is 5.34. The van der Waals surface area contributed by atoms with E-state index in [0.29, 0.717) is 6.04 Å². The molecule has 0 spiro atoms. The minimum absolute atomic E-state index is 0.501. The molecule has 2 rings (SSSR count). The van der Waals surface area contributed by atoms with Gasteiger partial charge in [0.05, 0.1) is 0 Å². The Morgan fingerprint density at radius 2 is 2.07 bits per heavy atom. The maximum atomic E-state index is 6.23. The van der Waals surface area contributed by atoms with Gasteiger partial charge in [-0.25, -0.2) is 0 Å². The van der Waals surface area contributed by atoms with Crippen molar-refractivity contribution in [2.75, 3.05) is 0 Å². The topological polar surface area (TPSA) is 26.0 Å². The molecular weight excluding hydrogens is 182 g/mol. The average Bonchev–Trinajstić information content (AvgIpc) is 2.79. The number of rotatable bonds is 6. The molecule has 2 saturated carbocycles. The number of unbranched alkanes of at least 4 members (excludes halogenated alkanes) is 2. The van der Waals surface area contributed by atoms with Crippen LogP contribution in [0.25, 0.3) is 0 Å². The Labute approximate surface area is 94.8 Å². The first-order valence-corrected chi connectivity index (χ1v) is 7.05. The van der Waals surface area contributed by atoms with Gasteiger partial charge < -0.3 is 5.73 Å². The van der Waals surface area contributed by atoms with Crippen molar-refractivity contribution in [3.8, 4) is 0 Å². The SMILES string of the molecule is CCCCCC(N)CC1CC2CCC1C2. The van der Waals surface area contributed by atoms with Crippen LogP contribution in [-0.4, -0.2) is 6.04 Å². The van der Waals surface area contributed by atoms with Crippen molar-refractivity contribution in [1.82, 2.24) is 0 Å². The predicted octanol–water partition coefficient (Wildman–Crippen LogP) is 3.72. The van der Waals surface area contributed by atoms with Gasteiger partial charge in [-0.05, 0) is 49.9 Å². The van der Waals surface area contributed by atoms with E-state index in [1.165, 1.54) is 57.8 Å². The van der Waals surface area contributed by atoms with Crippen LogP contribution in [0, 0.1) is 17.8 Å². The second-order valence-electron chi connectivity index (χ2n) is 5.93. The summed E-state index contributed by atoms with van der Waals surface area (Å²) in [5.41, 5.74) is 6.23.